The van der Waals surface area contributed by atoms with Gasteiger partial charge < -0.3 is 15.3 Å². The lowest BCUT2D eigenvalue weighted by Gasteiger charge is -2.26. The standard InChI is InChI=1S/C21H23F2N5O2/c1-21(2,30)12-26-20(29)17-9-24-18-10-25-19(11-28(17)18)27-7-3-4-16(27)14-8-13(22)5-6-15(14)23/h5-6,8-11,16,30H,3-4,7,12H2,1-2H3,(H,26,29)/t16-/m1/s1. The van der Waals surface area contributed by atoms with Crippen molar-refractivity contribution in [1.29, 1.82) is 0 Å². The number of aliphatic hydroxyl groups is 1. The molecule has 0 bridgehead atoms. The summed E-state index contributed by atoms with van der Waals surface area (Å²) in [6, 6.07) is 3.12. The molecular weight excluding hydrogens is 392 g/mol. The molecule has 158 valence electrons. The Kier molecular flexibility index (Phi) is 5.15. The number of carbonyl (C=O) groups excluding carboxylic acids is 1. The van der Waals surface area contributed by atoms with Crippen LogP contribution in [0.15, 0.2) is 36.8 Å². The number of rotatable bonds is 5. The molecule has 1 saturated heterocycles. The van der Waals surface area contributed by atoms with Gasteiger partial charge in [0.25, 0.3) is 5.91 Å². The summed E-state index contributed by atoms with van der Waals surface area (Å²) in [6.45, 7) is 3.92. The van der Waals surface area contributed by atoms with Gasteiger partial charge in [0.1, 0.15) is 23.1 Å². The van der Waals surface area contributed by atoms with E-state index in [2.05, 4.69) is 15.3 Å². The lowest BCUT2D eigenvalue weighted by molar-refractivity contribution is 0.0691. The number of hydrogen-bond donors (Lipinski definition) is 2. The van der Waals surface area contributed by atoms with Crippen molar-refractivity contribution < 1.29 is 18.7 Å². The predicted molar refractivity (Wildman–Crippen MR) is 107 cm³/mol. The summed E-state index contributed by atoms with van der Waals surface area (Å²) in [6.07, 6.45) is 6.14. The molecular formula is C21H23F2N5O2. The van der Waals surface area contributed by atoms with Gasteiger partial charge in [-0.05, 0) is 44.9 Å². The van der Waals surface area contributed by atoms with E-state index in [1.807, 2.05) is 4.90 Å². The van der Waals surface area contributed by atoms with Crippen molar-refractivity contribution in [2.24, 2.45) is 0 Å². The molecule has 1 aliphatic rings. The second-order valence-corrected chi connectivity index (χ2v) is 8.13. The van der Waals surface area contributed by atoms with Gasteiger partial charge in [0.05, 0.1) is 30.2 Å². The van der Waals surface area contributed by atoms with Gasteiger partial charge in [-0.3, -0.25) is 9.20 Å². The molecule has 0 radical (unpaired) electrons. The summed E-state index contributed by atoms with van der Waals surface area (Å²) in [4.78, 5) is 23.1. The maximum atomic E-state index is 14.4. The van der Waals surface area contributed by atoms with Crippen LogP contribution in [-0.2, 0) is 0 Å². The first-order valence-electron chi connectivity index (χ1n) is 9.78. The molecule has 3 heterocycles. The Bertz CT molecular complexity index is 1090. The minimum Gasteiger partial charge on any atom is -0.389 e. The number of benzene rings is 1. The van der Waals surface area contributed by atoms with E-state index >= 15 is 0 Å². The van der Waals surface area contributed by atoms with E-state index in [9.17, 15) is 18.7 Å². The van der Waals surface area contributed by atoms with Crippen molar-refractivity contribution in [3.05, 3.63) is 59.7 Å². The van der Waals surface area contributed by atoms with Gasteiger partial charge in [0.2, 0.25) is 0 Å². The molecule has 0 saturated carbocycles. The number of fused-ring (bicyclic) bond motifs is 1. The van der Waals surface area contributed by atoms with Gasteiger partial charge in [-0.1, -0.05) is 0 Å². The monoisotopic (exact) mass is 415 g/mol. The van der Waals surface area contributed by atoms with Gasteiger partial charge in [-0.25, -0.2) is 18.7 Å². The van der Waals surface area contributed by atoms with Gasteiger partial charge in [0, 0.05) is 18.7 Å². The Labute approximate surface area is 172 Å². The Morgan fingerprint density at radius 1 is 1.30 bits per heavy atom. The highest BCUT2D eigenvalue weighted by atomic mass is 19.1. The number of nitrogens with one attached hydrogen (secondary N) is 1. The molecule has 1 aliphatic heterocycles. The maximum absolute atomic E-state index is 14.4. The summed E-state index contributed by atoms with van der Waals surface area (Å²) in [5.74, 6) is -0.773. The molecule has 7 nitrogen and oxygen atoms in total. The van der Waals surface area contributed by atoms with Crippen molar-refractivity contribution in [2.75, 3.05) is 18.0 Å². The fraction of sp³-hybridized carbons (Fsp3) is 0.381. The van der Waals surface area contributed by atoms with E-state index in [1.54, 1.807) is 30.6 Å². The first-order chi connectivity index (χ1) is 14.2. The molecule has 1 atom stereocenters. The van der Waals surface area contributed by atoms with Crippen LogP contribution in [0, 0.1) is 11.6 Å². The number of aromatic nitrogens is 3. The first-order valence-corrected chi connectivity index (χ1v) is 9.78. The number of carbonyl (C=O) groups is 1. The fourth-order valence-electron chi connectivity index (χ4n) is 3.72. The van der Waals surface area contributed by atoms with Crippen LogP contribution in [0.5, 0.6) is 0 Å². The van der Waals surface area contributed by atoms with E-state index in [4.69, 9.17) is 0 Å². The zero-order valence-electron chi connectivity index (χ0n) is 16.8. The minimum atomic E-state index is -1.04. The number of halogens is 2. The lowest BCUT2D eigenvalue weighted by Crippen LogP contribution is -2.38. The number of imidazole rings is 1. The Morgan fingerprint density at radius 2 is 2.10 bits per heavy atom. The van der Waals surface area contributed by atoms with E-state index in [0.717, 1.165) is 18.6 Å². The summed E-state index contributed by atoms with van der Waals surface area (Å²) in [5, 5.41) is 12.5. The van der Waals surface area contributed by atoms with Crippen molar-refractivity contribution in [3.8, 4) is 0 Å². The van der Waals surface area contributed by atoms with Crippen LogP contribution < -0.4 is 10.2 Å². The van der Waals surface area contributed by atoms with Crippen molar-refractivity contribution >= 4 is 17.4 Å². The second-order valence-electron chi connectivity index (χ2n) is 8.13. The Balaban J connectivity index is 1.66. The number of nitrogens with zero attached hydrogens (tertiary/aromatic N) is 4. The van der Waals surface area contributed by atoms with Crippen LogP contribution in [0.3, 0.4) is 0 Å². The molecule has 1 amide bonds. The number of anilines is 1. The first kappa shape index (κ1) is 20.2. The number of amides is 1. The molecule has 4 rings (SSSR count). The van der Waals surface area contributed by atoms with Crippen LogP contribution in [0.2, 0.25) is 0 Å². The number of hydrogen-bond acceptors (Lipinski definition) is 5. The van der Waals surface area contributed by atoms with Crippen molar-refractivity contribution in [1.82, 2.24) is 19.7 Å². The summed E-state index contributed by atoms with van der Waals surface area (Å²) in [5.41, 5.74) is 0.0364. The summed E-state index contributed by atoms with van der Waals surface area (Å²) >= 11 is 0. The van der Waals surface area contributed by atoms with Gasteiger partial charge in [-0.2, -0.15) is 0 Å². The molecule has 2 N–H and O–H groups in total. The van der Waals surface area contributed by atoms with Crippen molar-refractivity contribution in [3.63, 3.8) is 0 Å². The fourth-order valence-corrected chi connectivity index (χ4v) is 3.72. The third kappa shape index (κ3) is 3.97. The largest absolute Gasteiger partial charge is 0.389 e. The molecule has 30 heavy (non-hydrogen) atoms. The topological polar surface area (TPSA) is 82.8 Å². The lowest BCUT2D eigenvalue weighted by atomic mass is 10.0. The van der Waals surface area contributed by atoms with Crippen LogP contribution in [0.25, 0.3) is 5.65 Å². The summed E-state index contributed by atoms with van der Waals surface area (Å²) < 4.78 is 29.7. The third-order valence-electron chi connectivity index (χ3n) is 5.16. The highest BCUT2D eigenvalue weighted by molar-refractivity contribution is 5.93. The molecule has 1 fully saturated rings. The van der Waals surface area contributed by atoms with Crippen LogP contribution in [0.1, 0.15) is 48.8 Å². The predicted octanol–water partition coefficient (Wildman–Crippen LogP) is 2.85. The maximum Gasteiger partial charge on any atom is 0.270 e. The quantitative estimate of drug-likeness (QED) is 0.670. The molecule has 0 spiro atoms. The van der Waals surface area contributed by atoms with E-state index < -0.39 is 17.2 Å². The normalized spacial score (nSPS) is 17.0. The Morgan fingerprint density at radius 3 is 2.87 bits per heavy atom. The zero-order chi connectivity index (χ0) is 21.5. The average molecular weight is 415 g/mol. The zero-order valence-corrected chi connectivity index (χ0v) is 16.8. The molecule has 0 unspecified atom stereocenters. The Hall–Kier alpha value is -3.07. The molecule has 1 aromatic carbocycles. The second kappa shape index (κ2) is 7.64. The van der Waals surface area contributed by atoms with Gasteiger partial charge in [-0.15, -0.1) is 0 Å². The average Bonchev–Trinajstić information content (AvgIpc) is 3.34. The molecule has 2 aromatic heterocycles. The molecule has 0 aliphatic carbocycles. The van der Waals surface area contributed by atoms with Crippen molar-refractivity contribution in [2.45, 2.75) is 38.3 Å². The molecule has 3 aromatic rings. The third-order valence-corrected chi connectivity index (χ3v) is 5.16. The van der Waals surface area contributed by atoms with Crippen LogP contribution in [-0.4, -0.2) is 44.1 Å². The minimum absolute atomic E-state index is 0.0874. The van der Waals surface area contributed by atoms with Crippen LogP contribution in [0.4, 0.5) is 14.6 Å². The van der Waals surface area contributed by atoms with Gasteiger partial charge >= 0.3 is 0 Å². The highest BCUT2D eigenvalue weighted by Gasteiger charge is 2.30. The van der Waals surface area contributed by atoms with Crippen LogP contribution >= 0.6 is 0 Å². The van der Waals surface area contributed by atoms with E-state index in [-0.39, 0.29) is 18.5 Å². The van der Waals surface area contributed by atoms with E-state index in [1.165, 1.54) is 12.3 Å². The smallest absolute Gasteiger partial charge is 0.270 e. The summed E-state index contributed by atoms with van der Waals surface area (Å²) in [7, 11) is 0. The van der Waals surface area contributed by atoms with E-state index in [0.29, 0.717) is 35.7 Å². The SMILES string of the molecule is CC(C)(O)CNC(=O)c1cnc2cnc(N3CCC[C@@H]3c3cc(F)ccc3F)cn12. The molecule has 9 heteroatoms. The van der Waals surface area contributed by atoms with Gasteiger partial charge in [0.15, 0.2) is 5.65 Å². The highest BCUT2D eigenvalue weighted by Crippen LogP contribution is 2.36.